The van der Waals surface area contributed by atoms with Crippen molar-refractivity contribution >= 4 is 17.6 Å². The van der Waals surface area contributed by atoms with Crippen LogP contribution in [0.3, 0.4) is 0 Å². The third kappa shape index (κ3) is 4.47. The first kappa shape index (κ1) is 25.9. The Balaban J connectivity index is 1.38. The van der Waals surface area contributed by atoms with Crippen molar-refractivity contribution in [1.82, 2.24) is 29.8 Å². The molecule has 0 atom stereocenters. The van der Waals surface area contributed by atoms with E-state index in [9.17, 15) is 4.79 Å². The number of ether oxygens (including phenoxy) is 1. The number of rotatable bonds is 4. The zero-order chi connectivity index (χ0) is 28.9. The lowest BCUT2D eigenvalue weighted by molar-refractivity contribution is 0.0377. The van der Waals surface area contributed by atoms with Crippen molar-refractivity contribution in [3.05, 3.63) is 91.1 Å². The van der Waals surface area contributed by atoms with Crippen LogP contribution in [-0.2, 0) is 10.3 Å². The average molecular weight is 558 g/mol. The highest BCUT2D eigenvalue weighted by Gasteiger charge is 2.41. The van der Waals surface area contributed by atoms with Gasteiger partial charge in [0.25, 0.3) is 0 Å². The molecule has 7 rings (SSSR count). The number of pyridine rings is 1. The number of nitrogens with zero attached hydrogens (tertiary/aromatic N) is 5. The van der Waals surface area contributed by atoms with Gasteiger partial charge in [0, 0.05) is 35.3 Å². The van der Waals surface area contributed by atoms with Gasteiger partial charge in [-0.25, -0.2) is 24.7 Å². The van der Waals surface area contributed by atoms with E-state index in [1.54, 1.807) is 18.6 Å². The van der Waals surface area contributed by atoms with Crippen LogP contribution in [0.4, 0.5) is 16.3 Å². The Labute approximate surface area is 244 Å². The normalized spacial score (nSPS) is 14.7. The summed E-state index contributed by atoms with van der Waals surface area (Å²) >= 11 is 0. The minimum Gasteiger partial charge on any atom is -0.444 e. The number of amides is 1. The molecule has 1 aliphatic heterocycles. The summed E-state index contributed by atoms with van der Waals surface area (Å²) in [7, 11) is 0. The quantitative estimate of drug-likeness (QED) is 0.240. The molecule has 0 radical (unpaired) electrons. The van der Waals surface area contributed by atoms with Crippen molar-refractivity contribution in [2.75, 3.05) is 5.32 Å². The fraction of sp³-hybridized carbons (Fsp3) is 0.242. The summed E-state index contributed by atoms with van der Waals surface area (Å²) < 4.78 is 7.75. The Bertz CT molecular complexity index is 1790. The Morgan fingerprint density at radius 1 is 0.976 bits per heavy atom. The maximum Gasteiger partial charge on any atom is 0.408 e. The van der Waals surface area contributed by atoms with E-state index in [0.717, 1.165) is 75.9 Å². The highest BCUT2D eigenvalue weighted by atomic mass is 16.6. The Hall–Kier alpha value is -5.05. The molecule has 42 heavy (non-hydrogen) atoms. The van der Waals surface area contributed by atoms with Crippen LogP contribution in [0.2, 0.25) is 0 Å². The monoisotopic (exact) mass is 557 g/mol. The lowest BCUT2D eigenvalue weighted by Crippen LogP contribution is -2.52. The number of benzene rings is 2. The number of carbonyl (C=O) groups excluding carboxylic acids is 1. The third-order valence-electron chi connectivity index (χ3n) is 7.82. The van der Waals surface area contributed by atoms with Gasteiger partial charge < -0.3 is 15.4 Å². The van der Waals surface area contributed by atoms with Crippen LogP contribution < -0.4 is 10.6 Å². The second-order valence-electron chi connectivity index (χ2n) is 11.8. The van der Waals surface area contributed by atoms with E-state index in [4.69, 9.17) is 9.72 Å². The predicted molar refractivity (Wildman–Crippen MR) is 161 cm³/mol. The molecular weight excluding hydrogens is 526 g/mol. The van der Waals surface area contributed by atoms with Gasteiger partial charge in [0.2, 0.25) is 0 Å². The van der Waals surface area contributed by atoms with Crippen LogP contribution in [-0.4, -0.2) is 36.2 Å². The number of anilines is 2. The Morgan fingerprint density at radius 3 is 2.45 bits per heavy atom. The molecular formula is C33H31N7O2. The van der Waals surface area contributed by atoms with Crippen molar-refractivity contribution in [1.29, 1.82) is 0 Å². The minimum atomic E-state index is -0.561. The topological polar surface area (TPSA) is 107 Å². The molecule has 0 saturated heterocycles. The van der Waals surface area contributed by atoms with Gasteiger partial charge in [0.05, 0.1) is 22.6 Å². The van der Waals surface area contributed by atoms with Crippen molar-refractivity contribution in [2.45, 2.75) is 51.2 Å². The van der Waals surface area contributed by atoms with E-state index >= 15 is 0 Å². The fourth-order valence-electron chi connectivity index (χ4n) is 5.77. The zero-order valence-corrected chi connectivity index (χ0v) is 23.8. The van der Waals surface area contributed by atoms with Crippen LogP contribution in [0.25, 0.3) is 39.6 Å². The minimum absolute atomic E-state index is 0.394. The van der Waals surface area contributed by atoms with E-state index in [1.165, 1.54) is 6.33 Å². The SMILES string of the molecule is CC(C)(C)OC(=O)NC1(c2ccc(-c3c(-c4cncnc4)nc4n3-c3cccnc3Nc3ccccc3-4)cc2)CCC1. The molecule has 1 saturated carbocycles. The summed E-state index contributed by atoms with van der Waals surface area (Å²) in [6.45, 7) is 5.63. The van der Waals surface area contributed by atoms with Crippen LogP contribution in [0.5, 0.6) is 0 Å². The third-order valence-corrected chi connectivity index (χ3v) is 7.82. The largest absolute Gasteiger partial charge is 0.444 e. The molecule has 1 aliphatic carbocycles. The maximum absolute atomic E-state index is 12.7. The number of hydrogen-bond acceptors (Lipinski definition) is 7. The molecule has 2 N–H and O–H groups in total. The van der Waals surface area contributed by atoms with E-state index in [0.29, 0.717) is 0 Å². The van der Waals surface area contributed by atoms with Crippen LogP contribution in [0.1, 0.15) is 45.6 Å². The predicted octanol–water partition coefficient (Wildman–Crippen LogP) is 7.02. The summed E-state index contributed by atoms with van der Waals surface area (Å²) in [4.78, 5) is 31.2. The van der Waals surface area contributed by atoms with Gasteiger partial charge >= 0.3 is 6.09 Å². The Kier molecular flexibility index (Phi) is 6.04. The highest BCUT2D eigenvalue weighted by molar-refractivity contribution is 5.90. The molecule has 2 aliphatic rings. The highest BCUT2D eigenvalue weighted by Crippen LogP contribution is 2.46. The van der Waals surface area contributed by atoms with E-state index in [-0.39, 0.29) is 0 Å². The number of alkyl carbamates (subject to hydrolysis) is 1. The van der Waals surface area contributed by atoms with Crippen LogP contribution in [0, 0.1) is 0 Å². The molecule has 1 amide bonds. The summed E-state index contributed by atoms with van der Waals surface area (Å²) in [5.41, 5.74) is 6.30. The zero-order valence-electron chi connectivity index (χ0n) is 23.8. The maximum atomic E-state index is 12.7. The summed E-state index contributed by atoms with van der Waals surface area (Å²) in [5.74, 6) is 1.54. The standard InChI is InChI=1S/C33H31N7O2/c1-32(2,3)42-31(41)39-33(15-7-16-33)23-13-11-21(12-14-23)28-27(22-18-34-20-35-19-22)38-30-24-8-4-5-9-25(24)37-29-26(40(28)30)10-6-17-36-29/h4-6,8-14,17-20H,7,15-16H2,1-3H3,(H,36,37)(H,39,41). The van der Waals surface area contributed by atoms with Crippen molar-refractivity contribution in [3.63, 3.8) is 0 Å². The number of hydrogen-bond donors (Lipinski definition) is 2. The van der Waals surface area contributed by atoms with Crippen LogP contribution in [0.15, 0.2) is 85.6 Å². The molecule has 210 valence electrons. The van der Waals surface area contributed by atoms with Crippen molar-refractivity contribution in [2.24, 2.45) is 0 Å². The van der Waals surface area contributed by atoms with Gasteiger partial charge in [-0.05, 0) is 69.9 Å². The number of carbonyl (C=O) groups is 1. The molecule has 5 aromatic rings. The summed E-state index contributed by atoms with van der Waals surface area (Å²) in [6.07, 6.45) is 9.25. The van der Waals surface area contributed by atoms with Gasteiger partial charge in [-0.2, -0.15) is 0 Å². The molecule has 9 nitrogen and oxygen atoms in total. The van der Waals surface area contributed by atoms with Gasteiger partial charge in [-0.15, -0.1) is 0 Å². The molecule has 4 heterocycles. The molecule has 1 fully saturated rings. The van der Waals surface area contributed by atoms with Crippen molar-refractivity contribution in [3.8, 4) is 39.6 Å². The van der Waals surface area contributed by atoms with Gasteiger partial charge in [-0.3, -0.25) is 4.57 Å². The molecule has 0 bridgehead atoms. The summed E-state index contributed by atoms with van der Waals surface area (Å²) in [6, 6.07) is 20.5. The van der Waals surface area contributed by atoms with Gasteiger partial charge in [0.15, 0.2) is 5.82 Å². The van der Waals surface area contributed by atoms with Gasteiger partial charge in [-0.1, -0.05) is 36.4 Å². The number of fused-ring (bicyclic) bond motifs is 5. The smallest absolute Gasteiger partial charge is 0.408 e. The molecule has 0 unspecified atom stereocenters. The first-order valence-electron chi connectivity index (χ1n) is 14.1. The first-order chi connectivity index (χ1) is 20.3. The number of nitrogens with one attached hydrogen (secondary N) is 2. The average Bonchev–Trinajstić information content (AvgIpc) is 3.29. The lowest BCUT2D eigenvalue weighted by atomic mass is 9.71. The first-order valence-corrected chi connectivity index (χ1v) is 14.1. The number of imidazole rings is 1. The second-order valence-corrected chi connectivity index (χ2v) is 11.8. The molecule has 2 aromatic carbocycles. The van der Waals surface area contributed by atoms with Crippen LogP contribution >= 0.6 is 0 Å². The molecule has 3 aromatic heterocycles. The summed E-state index contributed by atoms with van der Waals surface area (Å²) in [5, 5.41) is 6.67. The fourth-order valence-corrected chi connectivity index (χ4v) is 5.77. The molecule has 0 spiro atoms. The molecule has 9 heteroatoms. The van der Waals surface area contributed by atoms with Crippen molar-refractivity contribution < 1.29 is 9.53 Å². The Morgan fingerprint density at radius 2 is 1.74 bits per heavy atom. The number of aromatic nitrogens is 5. The van der Waals surface area contributed by atoms with Gasteiger partial charge in [0.1, 0.15) is 23.4 Å². The number of para-hydroxylation sites is 1. The lowest BCUT2D eigenvalue weighted by Gasteiger charge is -2.43. The van der Waals surface area contributed by atoms with E-state index < -0.39 is 17.2 Å². The second kappa shape index (κ2) is 9.80. The van der Waals surface area contributed by atoms with E-state index in [1.807, 2.05) is 51.1 Å². The van der Waals surface area contributed by atoms with E-state index in [2.05, 4.69) is 60.5 Å².